The number of anilines is 1. The summed E-state index contributed by atoms with van der Waals surface area (Å²) in [6.07, 6.45) is 0. The summed E-state index contributed by atoms with van der Waals surface area (Å²) >= 11 is 7.58. The summed E-state index contributed by atoms with van der Waals surface area (Å²) in [5.74, 6) is -0.505. The highest BCUT2D eigenvalue weighted by Crippen LogP contribution is 2.27. The highest BCUT2D eigenvalue weighted by Gasteiger charge is 2.19. The van der Waals surface area contributed by atoms with Gasteiger partial charge in [-0.05, 0) is 88.0 Å². The third kappa shape index (κ3) is 6.29. The Morgan fingerprint density at radius 1 is 1.00 bits per heavy atom. The number of halogens is 1. The predicted molar refractivity (Wildman–Crippen MR) is 127 cm³/mol. The number of hydrogen-bond acceptors (Lipinski definition) is 6. The SMILES string of the molecule is Cc1cc(C)nc(Sc2ccc(NC(=O)c3cc(S(=O)(=O)NC(C)C)ccc3Cl)cc2)n1. The van der Waals surface area contributed by atoms with Crippen LogP contribution in [0.15, 0.2) is 63.5 Å². The van der Waals surface area contributed by atoms with Gasteiger partial charge in [-0.2, -0.15) is 0 Å². The molecule has 0 saturated carbocycles. The minimum Gasteiger partial charge on any atom is -0.322 e. The normalized spacial score (nSPS) is 11.6. The Hall–Kier alpha value is -2.46. The van der Waals surface area contributed by atoms with Crippen LogP contribution in [0.1, 0.15) is 35.6 Å². The molecule has 0 aliphatic heterocycles. The van der Waals surface area contributed by atoms with Crippen LogP contribution < -0.4 is 10.0 Å². The lowest BCUT2D eigenvalue weighted by molar-refractivity contribution is 0.102. The van der Waals surface area contributed by atoms with Crippen molar-refractivity contribution in [2.24, 2.45) is 0 Å². The molecule has 0 spiro atoms. The molecule has 0 aliphatic carbocycles. The van der Waals surface area contributed by atoms with Gasteiger partial charge in [0.05, 0.1) is 15.5 Å². The second-order valence-corrected chi connectivity index (χ2v) is 10.6. The molecule has 3 aromatic rings. The first-order valence-electron chi connectivity index (χ1n) is 9.77. The summed E-state index contributed by atoms with van der Waals surface area (Å²) in [6.45, 7) is 7.27. The van der Waals surface area contributed by atoms with E-state index in [4.69, 9.17) is 11.6 Å². The summed E-state index contributed by atoms with van der Waals surface area (Å²) in [4.78, 5) is 22.5. The number of nitrogens with one attached hydrogen (secondary N) is 2. The fourth-order valence-corrected chi connectivity index (χ4v) is 5.22. The van der Waals surface area contributed by atoms with Gasteiger partial charge >= 0.3 is 0 Å². The van der Waals surface area contributed by atoms with Crippen LogP contribution in [-0.2, 0) is 10.0 Å². The molecule has 2 aromatic carbocycles. The second-order valence-electron chi connectivity index (χ2n) is 7.43. The molecule has 2 N–H and O–H groups in total. The number of carbonyl (C=O) groups excluding carboxylic acids is 1. The zero-order valence-corrected chi connectivity index (χ0v) is 20.4. The van der Waals surface area contributed by atoms with Gasteiger partial charge in [0.15, 0.2) is 5.16 Å². The Morgan fingerprint density at radius 3 is 2.22 bits per heavy atom. The number of carbonyl (C=O) groups is 1. The number of sulfonamides is 1. The van der Waals surface area contributed by atoms with Gasteiger partial charge in [0.25, 0.3) is 5.91 Å². The smallest absolute Gasteiger partial charge is 0.257 e. The number of aryl methyl sites for hydroxylation is 2. The van der Waals surface area contributed by atoms with Crippen LogP contribution in [0.4, 0.5) is 5.69 Å². The molecule has 32 heavy (non-hydrogen) atoms. The van der Waals surface area contributed by atoms with E-state index in [1.54, 1.807) is 26.0 Å². The molecule has 0 radical (unpaired) electrons. The fraction of sp³-hybridized carbons (Fsp3) is 0.227. The van der Waals surface area contributed by atoms with Gasteiger partial charge < -0.3 is 5.32 Å². The van der Waals surface area contributed by atoms with E-state index < -0.39 is 15.9 Å². The molecule has 0 bridgehead atoms. The van der Waals surface area contributed by atoms with Crippen molar-refractivity contribution < 1.29 is 13.2 Å². The Morgan fingerprint density at radius 2 is 1.62 bits per heavy atom. The molecule has 0 atom stereocenters. The first-order chi connectivity index (χ1) is 15.0. The monoisotopic (exact) mass is 490 g/mol. The zero-order chi connectivity index (χ0) is 23.5. The minimum absolute atomic E-state index is 0.0269. The lowest BCUT2D eigenvalue weighted by Gasteiger charge is -2.12. The van der Waals surface area contributed by atoms with Crippen molar-refractivity contribution in [3.8, 4) is 0 Å². The van der Waals surface area contributed by atoms with Crippen LogP contribution in [0.2, 0.25) is 5.02 Å². The molecule has 0 fully saturated rings. The standard InChI is InChI=1S/C22H23ClN4O3S2/c1-13(2)27-32(29,30)18-9-10-20(23)19(12-18)21(28)26-16-5-7-17(8-6-16)31-22-24-14(3)11-15(4)25-22/h5-13,27H,1-4H3,(H,26,28). The minimum atomic E-state index is -3.75. The van der Waals surface area contributed by atoms with Crippen LogP contribution in [-0.4, -0.2) is 30.3 Å². The summed E-state index contributed by atoms with van der Waals surface area (Å²) in [7, 11) is -3.75. The van der Waals surface area contributed by atoms with E-state index in [9.17, 15) is 13.2 Å². The number of nitrogens with zero attached hydrogens (tertiary/aromatic N) is 2. The average Bonchev–Trinajstić information content (AvgIpc) is 2.68. The van der Waals surface area contributed by atoms with Crippen LogP contribution in [0.25, 0.3) is 0 Å². The molecule has 0 unspecified atom stereocenters. The molecule has 1 aromatic heterocycles. The second kappa shape index (κ2) is 9.99. The summed E-state index contributed by atoms with van der Waals surface area (Å²) < 4.78 is 27.3. The van der Waals surface area contributed by atoms with Gasteiger partial charge in [0, 0.05) is 28.0 Å². The Bertz CT molecular complexity index is 1230. The molecule has 1 amide bonds. The summed E-state index contributed by atoms with van der Waals surface area (Å²) in [5.41, 5.74) is 2.41. The molecule has 168 valence electrons. The van der Waals surface area contributed by atoms with E-state index in [0.29, 0.717) is 10.8 Å². The van der Waals surface area contributed by atoms with E-state index in [0.717, 1.165) is 16.3 Å². The van der Waals surface area contributed by atoms with E-state index in [2.05, 4.69) is 20.0 Å². The third-order valence-electron chi connectivity index (χ3n) is 4.17. The molecule has 10 heteroatoms. The number of hydrogen-bond donors (Lipinski definition) is 2. The van der Waals surface area contributed by atoms with Crippen LogP contribution in [0, 0.1) is 13.8 Å². The van der Waals surface area contributed by atoms with Gasteiger partial charge in [0.2, 0.25) is 10.0 Å². The topological polar surface area (TPSA) is 101 Å². The van der Waals surface area contributed by atoms with Crippen molar-refractivity contribution in [1.29, 1.82) is 0 Å². The van der Waals surface area contributed by atoms with Gasteiger partial charge in [-0.25, -0.2) is 23.1 Å². The molecular formula is C22H23ClN4O3S2. The van der Waals surface area contributed by atoms with Gasteiger partial charge in [-0.15, -0.1) is 0 Å². The van der Waals surface area contributed by atoms with Crippen molar-refractivity contribution in [2.75, 3.05) is 5.32 Å². The largest absolute Gasteiger partial charge is 0.322 e. The fourth-order valence-electron chi connectivity index (χ4n) is 2.87. The van der Waals surface area contributed by atoms with Gasteiger partial charge in [-0.1, -0.05) is 11.6 Å². The van der Waals surface area contributed by atoms with Crippen LogP contribution >= 0.6 is 23.4 Å². The Balaban J connectivity index is 1.75. The average molecular weight is 491 g/mol. The maximum absolute atomic E-state index is 12.8. The molecule has 7 nitrogen and oxygen atoms in total. The summed E-state index contributed by atoms with van der Waals surface area (Å²) in [6, 6.07) is 12.8. The van der Waals surface area contributed by atoms with E-state index >= 15 is 0 Å². The first-order valence-corrected chi connectivity index (χ1v) is 12.4. The van der Waals surface area contributed by atoms with Crippen molar-refractivity contribution in [1.82, 2.24) is 14.7 Å². The van der Waals surface area contributed by atoms with E-state index in [1.165, 1.54) is 30.0 Å². The highest BCUT2D eigenvalue weighted by atomic mass is 35.5. The van der Waals surface area contributed by atoms with Crippen LogP contribution in [0.3, 0.4) is 0 Å². The molecular weight excluding hydrogens is 468 g/mol. The number of benzene rings is 2. The third-order valence-corrected chi connectivity index (χ3v) is 7.03. The summed E-state index contributed by atoms with van der Waals surface area (Å²) in [5, 5.41) is 3.56. The number of rotatable bonds is 7. The molecule has 3 rings (SSSR count). The van der Waals surface area contributed by atoms with Crippen molar-refractivity contribution >= 4 is 45.0 Å². The highest BCUT2D eigenvalue weighted by molar-refractivity contribution is 7.99. The predicted octanol–water partition coefficient (Wildman–Crippen LogP) is 4.84. The molecule has 0 aliphatic rings. The quantitative estimate of drug-likeness (QED) is 0.460. The van der Waals surface area contributed by atoms with Crippen molar-refractivity contribution in [3.63, 3.8) is 0 Å². The first kappa shape index (κ1) is 24.2. The number of amides is 1. The molecule has 1 heterocycles. The van der Waals surface area contributed by atoms with Gasteiger partial charge in [0.1, 0.15) is 0 Å². The number of aromatic nitrogens is 2. The van der Waals surface area contributed by atoms with Crippen molar-refractivity contribution in [2.45, 2.75) is 48.7 Å². The lowest BCUT2D eigenvalue weighted by atomic mass is 10.2. The van der Waals surface area contributed by atoms with Crippen LogP contribution in [0.5, 0.6) is 0 Å². The lowest BCUT2D eigenvalue weighted by Crippen LogP contribution is -2.30. The van der Waals surface area contributed by atoms with E-state index in [-0.39, 0.29) is 21.5 Å². The maximum atomic E-state index is 12.8. The van der Waals surface area contributed by atoms with E-state index in [1.807, 2.05) is 32.0 Å². The Labute approximate surface area is 197 Å². The molecule has 0 saturated heterocycles. The van der Waals surface area contributed by atoms with Crippen molar-refractivity contribution in [3.05, 3.63) is 70.5 Å². The van der Waals surface area contributed by atoms with Gasteiger partial charge in [-0.3, -0.25) is 4.79 Å². The Kier molecular flexibility index (Phi) is 7.55. The maximum Gasteiger partial charge on any atom is 0.257 e. The zero-order valence-electron chi connectivity index (χ0n) is 18.0.